The molecule has 0 heterocycles. The topological polar surface area (TPSA) is 114 Å². The van der Waals surface area contributed by atoms with E-state index < -0.39 is 26.6 Å². The molecule has 0 aliphatic rings. The monoisotopic (exact) mass is 1060 g/mol. The van der Waals surface area contributed by atoms with Crippen molar-refractivity contribution >= 4 is 19.7 Å². The van der Waals surface area contributed by atoms with Gasteiger partial charge < -0.3 is 28.5 Å². The van der Waals surface area contributed by atoms with Crippen LogP contribution in [0.3, 0.4) is 0 Å². The summed E-state index contributed by atoms with van der Waals surface area (Å²) in [6.07, 6.45) is 73.4. The third kappa shape index (κ3) is 55.2. The van der Waals surface area contributed by atoms with Crippen molar-refractivity contribution in [2.45, 2.75) is 251 Å². The number of carbonyl (C=O) groups is 2. The van der Waals surface area contributed by atoms with Crippen LogP contribution in [-0.4, -0.2) is 69.4 Å². The number of rotatable bonds is 53. The van der Waals surface area contributed by atoms with Crippen LogP contribution in [-0.2, 0) is 27.9 Å². The van der Waals surface area contributed by atoms with Crippen LogP contribution in [0.2, 0.25) is 0 Å². The highest BCUT2D eigenvalue weighted by Gasteiger charge is 2.27. The number of phosphoric ester groups is 1. The highest BCUT2D eigenvalue weighted by molar-refractivity contribution is 7.45. The molecule has 0 saturated carbocycles. The third-order valence-corrected chi connectivity index (χ3v) is 13.7. The summed E-state index contributed by atoms with van der Waals surface area (Å²) < 4.78 is 30.2. The highest BCUT2D eigenvalue weighted by Crippen LogP contribution is 2.38. The number of nitrogens with zero attached hydrogens (tertiary/aromatic N) is 1. The summed E-state index contributed by atoms with van der Waals surface area (Å²) in [7, 11) is 1.14. The summed E-state index contributed by atoms with van der Waals surface area (Å²) in [5.74, 6) is -0.591. The molecule has 0 saturated heterocycles. The summed E-state index contributed by atoms with van der Waals surface area (Å²) in [4.78, 5) is 39.9. The predicted molar refractivity (Wildman–Crippen MR) is 320 cm³/mol. The molecule has 0 spiro atoms. The Kier molecular flexibility index (Phi) is 51.6. The van der Waals surface area contributed by atoms with E-state index in [4.69, 9.17) is 13.8 Å². The van der Waals surface area contributed by atoms with E-state index in [-0.39, 0.29) is 31.3 Å². The number of quaternary nitrogens is 1. The average Bonchev–Trinajstić information content (AvgIpc) is 3.37. The van der Waals surface area contributed by atoms with Crippen molar-refractivity contribution < 1.29 is 37.3 Å². The molecule has 0 fully saturated rings. The van der Waals surface area contributed by atoms with Crippen LogP contribution >= 0.6 is 7.82 Å². The van der Waals surface area contributed by atoms with E-state index in [0.29, 0.717) is 23.9 Å². The van der Waals surface area contributed by atoms with Crippen molar-refractivity contribution in [1.29, 1.82) is 0 Å². The van der Waals surface area contributed by atoms with Gasteiger partial charge in [0.25, 0.3) is 7.82 Å². The second-order valence-electron chi connectivity index (χ2n) is 21.1. The number of allylic oxidation sites excluding steroid dienone is 17. The average molecular weight is 1070 g/mol. The smallest absolute Gasteiger partial charge is 0.306 e. The summed E-state index contributed by atoms with van der Waals surface area (Å²) in [5.41, 5.74) is 0. The fraction of sp³-hybridized carbons (Fsp3) is 0.692. The van der Waals surface area contributed by atoms with Gasteiger partial charge in [0.1, 0.15) is 19.3 Å². The van der Waals surface area contributed by atoms with Gasteiger partial charge in [-0.15, -0.1) is 0 Å². The number of hydrogen-bond acceptors (Lipinski definition) is 7. The molecule has 3 unspecified atom stereocenters. The van der Waals surface area contributed by atoms with E-state index in [1.165, 1.54) is 64.2 Å². The second kappa shape index (κ2) is 54.0. The van der Waals surface area contributed by atoms with Gasteiger partial charge in [-0.1, -0.05) is 227 Å². The minimum Gasteiger partial charge on any atom is -0.756 e. The van der Waals surface area contributed by atoms with Gasteiger partial charge in [-0.3, -0.25) is 14.2 Å². The minimum absolute atomic E-state index is 0.0354. The van der Waals surface area contributed by atoms with Gasteiger partial charge in [-0.2, -0.15) is 0 Å². The number of nitrogens with one attached hydrogen (secondary N) is 1. The minimum atomic E-state index is -4.71. The van der Waals surface area contributed by atoms with Crippen molar-refractivity contribution in [3.63, 3.8) is 0 Å². The van der Waals surface area contributed by atoms with Crippen LogP contribution in [0, 0.1) is 0 Å². The SMILES string of the molecule is CC/C=C\C/C=C\C/C=C\C/C=C\C/C=C\C/C=C\CCCCCCC(=O)NC(COP(=O)([O-])OCC[N+](C)(C)C)C(/C=C\CCCCCCCCCCC)OC(=O)CCCCCCCC/C=C/C=C/CCCCC. The Morgan fingerprint density at radius 3 is 1.39 bits per heavy atom. The van der Waals surface area contributed by atoms with E-state index in [1.807, 2.05) is 33.3 Å². The van der Waals surface area contributed by atoms with Crippen LogP contribution in [0.1, 0.15) is 239 Å². The Labute approximate surface area is 461 Å². The largest absolute Gasteiger partial charge is 0.756 e. The molecule has 0 aliphatic carbocycles. The lowest BCUT2D eigenvalue weighted by molar-refractivity contribution is -0.870. The maximum Gasteiger partial charge on any atom is 0.306 e. The van der Waals surface area contributed by atoms with E-state index in [9.17, 15) is 19.0 Å². The fourth-order valence-electron chi connectivity index (χ4n) is 8.04. The molecule has 75 heavy (non-hydrogen) atoms. The zero-order chi connectivity index (χ0) is 55.0. The lowest BCUT2D eigenvalue weighted by atomic mass is 10.1. The quantitative estimate of drug-likeness (QED) is 0.0161. The van der Waals surface area contributed by atoms with Gasteiger partial charge >= 0.3 is 5.97 Å². The molecular formula is C65H113N2O7P. The molecule has 0 aliphatic heterocycles. The van der Waals surface area contributed by atoms with Crippen molar-refractivity contribution in [2.24, 2.45) is 0 Å². The summed E-state index contributed by atoms with van der Waals surface area (Å²) in [6.45, 7) is 6.65. The Balaban J connectivity index is 5.30. The van der Waals surface area contributed by atoms with Gasteiger partial charge in [0, 0.05) is 12.8 Å². The third-order valence-electron chi connectivity index (χ3n) is 12.7. The van der Waals surface area contributed by atoms with Crippen molar-refractivity contribution in [1.82, 2.24) is 5.32 Å². The number of unbranched alkanes of at least 4 members (excludes halogenated alkanes) is 22. The number of amides is 1. The Hall–Kier alpha value is -3.33. The maximum atomic E-state index is 13.5. The Morgan fingerprint density at radius 1 is 0.493 bits per heavy atom. The number of hydrogen-bond donors (Lipinski definition) is 1. The predicted octanol–water partition coefficient (Wildman–Crippen LogP) is 17.9. The van der Waals surface area contributed by atoms with Crippen molar-refractivity contribution in [3.8, 4) is 0 Å². The zero-order valence-electron chi connectivity index (χ0n) is 49.0. The van der Waals surface area contributed by atoms with Crippen molar-refractivity contribution in [2.75, 3.05) is 40.9 Å². The van der Waals surface area contributed by atoms with E-state index in [0.717, 1.165) is 128 Å². The van der Waals surface area contributed by atoms with E-state index in [1.54, 1.807) is 0 Å². The maximum absolute atomic E-state index is 13.5. The number of phosphoric acid groups is 1. The Bertz CT molecular complexity index is 1650. The first kappa shape index (κ1) is 71.7. The molecule has 0 aromatic carbocycles. The first-order valence-electron chi connectivity index (χ1n) is 30.2. The number of ether oxygens (including phenoxy) is 1. The molecule has 430 valence electrons. The van der Waals surface area contributed by atoms with E-state index in [2.05, 4.69) is 123 Å². The van der Waals surface area contributed by atoms with Gasteiger partial charge in [-0.05, 0) is 109 Å². The fourth-order valence-corrected chi connectivity index (χ4v) is 8.77. The molecule has 10 heteroatoms. The van der Waals surface area contributed by atoms with Gasteiger partial charge in [0.2, 0.25) is 5.91 Å². The molecule has 1 N–H and O–H groups in total. The summed E-state index contributed by atoms with van der Waals surface area (Å²) >= 11 is 0. The van der Waals surface area contributed by atoms with Crippen molar-refractivity contribution in [3.05, 3.63) is 109 Å². The normalized spacial score (nSPS) is 14.5. The van der Waals surface area contributed by atoms with Gasteiger partial charge in [0.15, 0.2) is 0 Å². The highest BCUT2D eigenvalue weighted by atomic mass is 31.2. The first-order chi connectivity index (χ1) is 36.4. The van der Waals surface area contributed by atoms with Crippen LogP contribution in [0.4, 0.5) is 0 Å². The molecule has 0 aromatic rings. The summed E-state index contributed by atoms with van der Waals surface area (Å²) in [5, 5.41) is 3.00. The first-order valence-corrected chi connectivity index (χ1v) is 31.7. The molecule has 3 atom stereocenters. The summed E-state index contributed by atoms with van der Waals surface area (Å²) in [6, 6.07) is -0.913. The van der Waals surface area contributed by atoms with Crippen LogP contribution in [0.5, 0.6) is 0 Å². The van der Waals surface area contributed by atoms with Crippen LogP contribution in [0.15, 0.2) is 109 Å². The molecular weight excluding hydrogens is 952 g/mol. The molecule has 0 bridgehead atoms. The van der Waals surface area contributed by atoms with Gasteiger partial charge in [-0.25, -0.2) is 0 Å². The number of carbonyl (C=O) groups excluding carboxylic acids is 2. The van der Waals surface area contributed by atoms with Crippen LogP contribution < -0.4 is 10.2 Å². The lowest BCUT2D eigenvalue weighted by Gasteiger charge is -2.30. The zero-order valence-corrected chi connectivity index (χ0v) is 49.9. The molecule has 0 rings (SSSR count). The second-order valence-corrected chi connectivity index (χ2v) is 22.6. The lowest BCUT2D eigenvalue weighted by Crippen LogP contribution is -2.47. The van der Waals surface area contributed by atoms with Gasteiger partial charge in [0.05, 0.1) is 33.8 Å². The van der Waals surface area contributed by atoms with Crippen LogP contribution in [0.25, 0.3) is 0 Å². The standard InChI is InChI=1S/C65H113N2O7P/c1-7-10-13-16-19-22-25-27-29-30-31-32-33-34-35-36-38-39-42-45-48-51-54-57-64(68)66-62(61-73-75(70,71)72-60-59-67(4,5)6)63(56-53-50-47-44-41-24-21-18-15-12-9-3)74-65(69)58-55-52-49-46-43-40-37-28-26-23-20-17-14-11-8-2/h10,13,19-20,22-23,26-29,31-32,34-35,38-39,53,56,62-63H,7-9,11-12,14-18,21,24-25,30,33,36-37,40-52,54-55,57-61H2,1-6H3,(H-,66,68,70,71)/b13-10-,22-19-,23-20+,28-26+,29-27-,32-31-,35-34-,39-38-,56-53-. The molecule has 0 aromatic heterocycles. The molecule has 9 nitrogen and oxygen atoms in total. The van der Waals surface area contributed by atoms with E-state index >= 15 is 0 Å². The molecule has 1 amide bonds. The Morgan fingerprint density at radius 2 is 0.893 bits per heavy atom. The molecule has 0 radical (unpaired) electrons. The number of likely N-dealkylation sites (N-methyl/N-ethyl adjacent to an activating group) is 1. The number of esters is 1.